The fourth-order valence-electron chi connectivity index (χ4n) is 3.75. The number of aromatic nitrogens is 1. The summed E-state index contributed by atoms with van der Waals surface area (Å²) in [7, 11) is 1.68. The van der Waals surface area contributed by atoms with E-state index in [4.69, 9.17) is 0 Å². The number of para-hydroxylation sites is 1. The first-order chi connectivity index (χ1) is 14.2. The molecule has 2 heterocycles. The maximum Gasteiger partial charge on any atom is 0.246 e. The maximum atomic E-state index is 13.3. The molecule has 0 unspecified atom stereocenters. The van der Waals surface area contributed by atoms with Crippen LogP contribution in [0, 0.1) is 5.82 Å². The fourth-order valence-corrected chi connectivity index (χ4v) is 3.75. The van der Waals surface area contributed by atoms with Gasteiger partial charge in [-0.2, -0.15) is 0 Å². The normalized spacial score (nSPS) is 13.1. The largest absolute Gasteiger partial charge is 0.361 e. The third kappa shape index (κ3) is 4.75. The second-order valence-corrected chi connectivity index (χ2v) is 7.03. The monoisotopic (exact) mass is 521 g/mol. The molecule has 158 valence electrons. The molecular formula is C22H25FIN5O. The lowest BCUT2D eigenvalue weighted by Gasteiger charge is -2.18. The van der Waals surface area contributed by atoms with Gasteiger partial charge in [-0.25, -0.2) is 4.39 Å². The molecule has 0 radical (unpaired) electrons. The first-order valence-corrected chi connectivity index (χ1v) is 9.74. The van der Waals surface area contributed by atoms with E-state index in [1.807, 2.05) is 29.3 Å². The zero-order chi connectivity index (χ0) is 20.2. The van der Waals surface area contributed by atoms with E-state index < -0.39 is 0 Å². The van der Waals surface area contributed by atoms with Crippen LogP contribution in [0.15, 0.2) is 53.7 Å². The predicted molar refractivity (Wildman–Crippen MR) is 129 cm³/mol. The molecule has 6 nitrogen and oxygen atoms in total. The number of hydrogen-bond acceptors (Lipinski definition) is 2. The molecule has 1 aliphatic heterocycles. The number of hydrogen-bond donors (Lipinski definition) is 3. The fraction of sp³-hybridized carbons (Fsp3) is 0.273. The number of halogens is 2. The number of aliphatic imine (C=N–C) groups is 1. The lowest BCUT2D eigenvalue weighted by Crippen LogP contribution is -2.44. The van der Waals surface area contributed by atoms with Crippen LogP contribution in [0.1, 0.15) is 11.1 Å². The molecule has 3 N–H and O–H groups in total. The third-order valence-corrected chi connectivity index (χ3v) is 5.24. The number of rotatable bonds is 5. The zero-order valence-corrected chi connectivity index (χ0v) is 19.1. The Balaban J connectivity index is 0.00000256. The van der Waals surface area contributed by atoms with E-state index in [1.165, 1.54) is 17.7 Å². The van der Waals surface area contributed by atoms with E-state index in [9.17, 15) is 9.18 Å². The molecule has 1 aromatic heterocycles. The molecule has 4 rings (SSSR count). The number of aromatic amines is 1. The second-order valence-electron chi connectivity index (χ2n) is 7.03. The Bertz CT molecular complexity index is 1060. The van der Waals surface area contributed by atoms with Crippen molar-refractivity contribution < 1.29 is 9.18 Å². The van der Waals surface area contributed by atoms with E-state index in [-0.39, 0.29) is 42.2 Å². The number of H-pyrrole nitrogens is 1. The van der Waals surface area contributed by atoms with Gasteiger partial charge in [-0.1, -0.05) is 18.2 Å². The lowest BCUT2D eigenvalue weighted by molar-refractivity contribution is -0.117. The van der Waals surface area contributed by atoms with Crippen LogP contribution in [0.25, 0.3) is 10.9 Å². The van der Waals surface area contributed by atoms with Crippen LogP contribution in [0.3, 0.4) is 0 Å². The molecule has 30 heavy (non-hydrogen) atoms. The van der Waals surface area contributed by atoms with Gasteiger partial charge >= 0.3 is 0 Å². The van der Waals surface area contributed by atoms with Crippen molar-refractivity contribution in [2.24, 2.45) is 4.99 Å². The van der Waals surface area contributed by atoms with E-state index in [1.54, 1.807) is 13.1 Å². The van der Waals surface area contributed by atoms with Gasteiger partial charge in [0.25, 0.3) is 0 Å². The quantitative estimate of drug-likeness (QED) is 0.275. The first kappa shape index (κ1) is 22.1. The average Bonchev–Trinajstić information content (AvgIpc) is 3.34. The Morgan fingerprint density at radius 1 is 1.23 bits per heavy atom. The molecule has 2 aromatic carbocycles. The minimum Gasteiger partial charge on any atom is -0.361 e. The highest BCUT2D eigenvalue weighted by Crippen LogP contribution is 2.27. The van der Waals surface area contributed by atoms with Crippen LogP contribution in [0.2, 0.25) is 0 Å². The Kier molecular flexibility index (Phi) is 7.30. The number of anilines is 1. The number of amides is 1. The van der Waals surface area contributed by atoms with Crippen LogP contribution in [0.5, 0.6) is 0 Å². The number of carbonyl (C=O) groups excluding carboxylic acids is 1. The number of nitrogens with zero attached hydrogens (tertiary/aromatic N) is 2. The smallest absolute Gasteiger partial charge is 0.246 e. The van der Waals surface area contributed by atoms with E-state index >= 15 is 0 Å². The van der Waals surface area contributed by atoms with Crippen LogP contribution in [-0.4, -0.2) is 43.5 Å². The van der Waals surface area contributed by atoms with Crippen molar-refractivity contribution in [1.29, 1.82) is 0 Å². The molecule has 3 aromatic rings. The maximum absolute atomic E-state index is 13.3. The summed E-state index contributed by atoms with van der Waals surface area (Å²) in [6.07, 6.45) is 3.54. The molecule has 0 aliphatic carbocycles. The summed E-state index contributed by atoms with van der Waals surface area (Å²) in [4.78, 5) is 21.7. The molecule has 0 atom stereocenters. The summed E-state index contributed by atoms with van der Waals surface area (Å²) in [5.74, 6) is 0.354. The van der Waals surface area contributed by atoms with Crippen LogP contribution < -0.4 is 15.5 Å². The summed E-state index contributed by atoms with van der Waals surface area (Å²) in [5, 5.41) is 7.33. The number of nitrogens with one attached hydrogen (secondary N) is 3. The van der Waals surface area contributed by atoms with E-state index in [0.717, 1.165) is 35.0 Å². The summed E-state index contributed by atoms with van der Waals surface area (Å²) in [6.45, 7) is 1.54. The van der Waals surface area contributed by atoms with Crippen LogP contribution >= 0.6 is 24.0 Å². The van der Waals surface area contributed by atoms with Crippen molar-refractivity contribution in [2.45, 2.75) is 12.8 Å². The molecule has 0 saturated carbocycles. The van der Waals surface area contributed by atoms with Gasteiger partial charge in [0.15, 0.2) is 5.96 Å². The van der Waals surface area contributed by atoms with Gasteiger partial charge in [0.2, 0.25) is 5.91 Å². The Morgan fingerprint density at radius 3 is 2.90 bits per heavy atom. The highest BCUT2D eigenvalue weighted by atomic mass is 127. The molecule has 0 spiro atoms. The standard InChI is InChI=1S/C22H24FN5O.HI/c1-24-22(25-10-8-16-13-26-19-12-17(23)6-7-18(16)19)27-14-21(29)28-11-9-15-4-2-3-5-20(15)28;/h2-7,12-13,26H,8-11,14H2,1H3,(H2,24,25,27);1H. The van der Waals surface area contributed by atoms with Gasteiger partial charge in [-0.15, -0.1) is 24.0 Å². The summed E-state index contributed by atoms with van der Waals surface area (Å²) in [6, 6.07) is 12.8. The Labute approximate surface area is 192 Å². The van der Waals surface area contributed by atoms with E-state index in [2.05, 4.69) is 26.7 Å². The lowest BCUT2D eigenvalue weighted by atomic mass is 10.1. The van der Waals surface area contributed by atoms with Gasteiger partial charge in [-0.3, -0.25) is 9.79 Å². The molecule has 1 amide bonds. The van der Waals surface area contributed by atoms with Crippen LogP contribution in [-0.2, 0) is 17.6 Å². The summed E-state index contributed by atoms with van der Waals surface area (Å²) < 4.78 is 13.3. The van der Waals surface area contributed by atoms with Crippen LogP contribution in [0.4, 0.5) is 10.1 Å². The zero-order valence-electron chi connectivity index (χ0n) is 16.7. The minimum atomic E-state index is -0.251. The number of benzene rings is 2. The predicted octanol–water partition coefficient (Wildman–Crippen LogP) is 3.22. The first-order valence-electron chi connectivity index (χ1n) is 9.74. The molecular weight excluding hydrogens is 496 g/mol. The van der Waals surface area contributed by atoms with Crippen molar-refractivity contribution >= 4 is 52.4 Å². The van der Waals surface area contributed by atoms with Crippen molar-refractivity contribution in [3.05, 3.63) is 65.6 Å². The Hall–Kier alpha value is -2.62. The molecule has 8 heteroatoms. The van der Waals surface area contributed by atoms with Crippen molar-refractivity contribution in [3.63, 3.8) is 0 Å². The average molecular weight is 521 g/mol. The van der Waals surface area contributed by atoms with Gasteiger partial charge in [-0.05, 0) is 48.2 Å². The summed E-state index contributed by atoms with van der Waals surface area (Å²) >= 11 is 0. The van der Waals surface area contributed by atoms with E-state index in [0.29, 0.717) is 19.0 Å². The number of guanidine groups is 1. The number of fused-ring (bicyclic) bond motifs is 2. The molecule has 1 aliphatic rings. The number of carbonyl (C=O) groups is 1. The highest BCUT2D eigenvalue weighted by molar-refractivity contribution is 14.0. The van der Waals surface area contributed by atoms with Crippen molar-refractivity contribution in [2.75, 3.05) is 31.6 Å². The minimum absolute atomic E-state index is 0. The van der Waals surface area contributed by atoms with Crippen molar-refractivity contribution in [3.8, 4) is 0 Å². The van der Waals surface area contributed by atoms with Crippen molar-refractivity contribution in [1.82, 2.24) is 15.6 Å². The van der Waals surface area contributed by atoms with Gasteiger partial charge < -0.3 is 20.5 Å². The topological polar surface area (TPSA) is 72.5 Å². The second kappa shape index (κ2) is 9.92. The molecule has 0 bridgehead atoms. The molecule has 0 fully saturated rings. The third-order valence-electron chi connectivity index (χ3n) is 5.24. The summed E-state index contributed by atoms with van der Waals surface area (Å²) in [5.41, 5.74) is 4.10. The van der Waals surface area contributed by atoms with Gasteiger partial charge in [0.05, 0.1) is 6.54 Å². The van der Waals surface area contributed by atoms with Gasteiger partial charge in [0.1, 0.15) is 5.82 Å². The SMILES string of the molecule is CN=C(NCCc1c[nH]c2cc(F)ccc12)NCC(=O)N1CCc2ccccc21.I. The van der Waals surface area contributed by atoms with Gasteiger partial charge in [0, 0.05) is 42.9 Å². The Morgan fingerprint density at radius 2 is 2.07 bits per heavy atom. The highest BCUT2D eigenvalue weighted by Gasteiger charge is 2.23. The molecule has 0 saturated heterocycles.